The van der Waals surface area contributed by atoms with E-state index >= 15 is 0 Å². The summed E-state index contributed by atoms with van der Waals surface area (Å²) >= 11 is 0.682. The Labute approximate surface area is 138 Å². The van der Waals surface area contributed by atoms with E-state index in [0.717, 1.165) is 0 Å². The zero-order valence-electron chi connectivity index (χ0n) is 10.7. The first kappa shape index (κ1) is 17.3. The molecule has 9 heteroatoms. The number of halogens is 1. The Kier molecular flexibility index (Phi) is 5.46. The fourth-order valence-electron chi connectivity index (χ4n) is 1.57. The van der Waals surface area contributed by atoms with Gasteiger partial charge in [-0.15, -0.1) is 24.0 Å². The Morgan fingerprint density at radius 3 is 2.60 bits per heavy atom. The molecule has 0 spiro atoms. The van der Waals surface area contributed by atoms with Gasteiger partial charge < -0.3 is 4.90 Å². The third kappa shape index (κ3) is 3.65. The first-order chi connectivity index (χ1) is 8.79. The summed E-state index contributed by atoms with van der Waals surface area (Å²) in [5, 5.41) is 0.0656. The van der Waals surface area contributed by atoms with Crippen LogP contribution in [-0.2, 0) is 10.1 Å². The lowest BCUT2D eigenvalue weighted by atomic mass is 10.1. The predicted molar refractivity (Wildman–Crippen MR) is 87.1 cm³/mol. The van der Waals surface area contributed by atoms with Gasteiger partial charge in [0.05, 0.1) is 0 Å². The van der Waals surface area contributed by atoms with Crippen LogP contribution in [-0.4, -0.2) is 42.2 Å². The molecular formula is C11H13IN2O4S2. The Morgan fingerprint density at radius 1 is 1.50 bits per heavy atom. The average molecular weight is 428 g/mol. The SMILES string of the molecule is CC(=O)c1nc(C2=CCN(C)C=C2)c(S(=O)(=O)O)s1.I. The molecule has 20 heavy (non-hydrogen) atoms. The van der Waals surface area contributed by atoms with Gasteiger partial charge in [0.2, 0.25) is 0 Å². The Balaban J connectivity index is 0.00000200. The number of ketones is 1. The van der Waals surface area contributed by atoms with Gasteiger partial charge in [0.15, 0.2) is 15.0 Å². The van der Waals surface area contributed by atoms with Crippen LogP contribution in [0.3, 0.4) is 0 Å². The van der Waals surface area contributed by atoms with Crippen LogP contribution in [0.1, 0.15) is 22.4 Å². The first-order valence-electron chi connectivity index (χ1n) is 5.37. The van der Waals surface area contributed by atoms with E-state index in [-0.39, 0.29) is 44.7 Å². The van der Waals surface area contributed by atoms with E-state index in [1.807, 2.05) is 11.9 Å². The molecule has 6 nitrogen and oxygen atoms in total. The number of hydrogen-bond donors (Lipinski definition) is 1. The number of hydrogen-bond acceptors (Lipinski definition) is 6. The van der Waals surface area contributed by atoms with Gasteiger partial charge in [-0.3, -0.25) is 9.35 Å². The van der Waals surface area contributed by atoms with Gasteiger partial charge in [0, 0.05) is 26.1 Å². The summed E-state index contributed by atoms with van der Waals surface area (Å²) in [6, 6.07) is 0. The monoisotopic (exact) mass is 428 g/mol. The highest BCUT2D eigenvalue weighted by atomic mass is 127. The molecule has 1 N–H and O–H groups in total. The number of aromatic nitrogens is 1. The highest BCUT2D eigenvalue weighted by molar-refractivity contribution is 14.0. The van der Waals surface area contributed by atoms with Crippen molar-refractivity contribution in [2.45, 2.75) is 11.1 Å². The van der Waals surface area contributed by atoms with Crippen LogP contribution in [0.2, 0.25) is 0 Å². The third-order valence-electron chi connectivity index (χ3n) is 2.51. The van der Waals surface area contributed by atoms with Crippen LogP contribution >= 0.6 is 35.3 Å². The van der Waals surface area contributed by atoms with Crippen LogP contribution < -0.4 is 0 Å². The quantitative estimate of drug-likeness (QED) is 0.451. The van der Waals surface area contributed by atoms with Crippen molar-refractivity contribution in [1.29, 1.82) is 0 Å². The van der Waals surface area contributed by atoms with Crippen LogP contribution in [0.4, 0.5) is 0 Å². The van der Waals surface area contributed by atoms with Gasteiger partial charge in [-0.05, 0) is 12.3 Å². The minimum absolute atomic E-state index is 0. The molecule has 1 aromatic heterocycles. The number of carbonyl (C=O) groups is 1. The van der Waals surface area contributed by atoms with Crippen molar-refractivity contribution >= 4 is 56.8 Å². The molecule has 0 saturated carbocycles. The Morgan fingerprint density at radius 2 is 2.15 bits per heavy atom. The second-order valence-electron chi connectivity index (χ2n) is 4.10. The van der Waals surface area contributed by atoms with E-state index in [0.29, 0.717) is 23.5 Å². The highest BCUT2D eigenvalue weighted by Crippen LogP contribution is 2.31. The van der Waals surface area contributed by atoms with Crippen molar-refractivity contribution in [3.05, 3.63) is 29.1 Å². The molecule has 2 rings (SSSR count). The van der Waals surface area contributed by atoms with Crippen LogP contribution in [0.5, 0.6) is 0 Å². The Hall–Kier alpha value is -0.780. The summed E-state index contributed by atoms with van der Waals surface area (Å²) in [4.78, 5) is 17.2. The van der Waals surface area contributed by atoms with Gasteiger partial charge in [-0.1, -0.05) is 17.4 Å². The molecule has 0 fully saturated rings. The van der Waals surface area contributed by atoms with Gasteiger partial charge >= 0.3 is 10.1 Å². The molecule has 0 bridgehead atoms. The summed E-state index contributed by atoms with van der Waals surface area (Å²) in [5.74, 6) is -0.335. The minimum atomic E-state index is -4.39. The molecule has 1 aliphatic rings. The summed E-state index contributed by atoms with van der Waals surface area (Å²) in [5.41, 5.74) is 0.705. The van der Waals surface area contributed by atoms with E-state index in [2.05, 4.69) is 4.98 Å². The molecule has 0 aromatic carbocycles. The molecule has 110 valence electrons. The van der Waals surface area contributed by atoms with Gasteiger partial charge in [-0.2, -0.15) is 8.42 Å². The summed E-state index contributed by atoms with van der Waals surface area (Å²) in [6.45, 7) is 1.90. The normalized spacial score (nSPS) is 14.8. The topological polar surface area (TPSA) is 87.6 Å². The zero-order chi connectivity index (χ0) is 14.2. The average Bonchev–Trinajstić information content (AvgIpc) is 2.74. The van der Waals surface area contributed by atoms with E-state index in [9.17, 15) is 17.8 Å². The zero-order valence-corrected chi connectivity index (χ0v) is 14.7. The van der Waals surface area contributed by atoms with Gasteiger partial charge in [-0.25, -0.2) is 4.98 Å². The Bertz CT molecular complexity index is 691. The van der Waals surface area contributed by atoms with Crippen molar-refractivity contribution < 1.29 is 17.8 Å². The number of thiazole rings is 1. The smallest absolute Gasteiger partial charge is 0.306 e. The maximum Gasteiger partial charge on any atom is 0.306 e. The molecule has 0 amide bonds. The van der Waals surface area contributed by atoms with Crippen molar-refractivity contribution in [2.75, 3.05) is 13.6 Å². The van der Waals surface area contributed by atoms with Crippen molar-refractivity contribution in [1.82, 2.24) is 9.88 Å². The largest absolute Gasteiger partial charge is 0.377 e. The van der Waals surface area contributed by atoms with E-state index in [4.69, 9.17) is 0 Å². The number of carbonyl (C=O) groups excluding carboxylic acids is 1. The molecule has 0 unspecified atom stereocenters. The molecule has 1 aromatic rings. The molecule has 0 saturated heterocycles. The van der Waals surface area contributed by atoms with E-state index in [1.165, 1.54) is 6.92 Å². The maximum absolute atomic E-state index is 11.3. The number of rotatable bonds is 3. The van der Waals surface area contributed by atoms with Crippen LogP contribution in [0.15, 0.2) is 22.6 Å². The second-order valence-corrected chi connectivity index (χ2v) is 6.72. The second kappa shape index (κ2) is 6.33. The number of Topliss-reactive ketones (excluding diaryl/α,β-unsaturated/α-hetero) is 1. The number of allylic oxidation sites excluding steroid dienone is 2. The predicted octanol–water partition coefficient (Wildman–Crippen LogP) is 2.05. The lowest BCUT2D eigenvalue weighted by molar-refractivity contribution is 0.101. The van der Waals surface area contributed by atoms with E-state index in [1.54, 1.807) is 18.4 Å². The van der Waals surface area contributed by atoms with Crippen molar-refractivity contribution in [3.63, 3.8) is 0 Å². The molecule has 1 aliphatic heterocycles. The van der Waals surface area contributed by atoms with E-state index < -0.39 is 10.1 Å². The maximum atomic E-state index is 11.3. The molecule has 0 radical (unpaired) electrons. The summed E-state index contributed by atoms with van der Waals surface area (Å²) in [6.07, 6.45) is 5.25. The fourth-order valence-corrected chi connectivity index (χ4v) is 3.35. The van der Waals surface area contributed by atoms with Crippen molar-refractivity contribution in [2.24, 2.45) is 0 Å². The highest BCUT2D eigenvalue weighted by Gasteiger charge is 2.25. The summed E-state index contributed by atoms with van der Waals surface area (Å²) < 4.78 is 31.6. The minimum Gasteiger partial charge on any atom is -0.377 e. The summed E-state index contributed by atoms with van der Waals surface area (Å²) in [7, 11) is -2.52. The van der Waals surface area contributed by atoms with Gasteiger partial charge in [0.1, 0.15) is 5.69 Å². The third-order valence-corrected chi connectivity index (χ3v) is 5.01. The number of nitrogens with zero attached hydrogens (tertiary/aromatic N) is 2. The fraction of sp³-hybridized carbons (Fsp3) is 0.273. The lowest BCUT2D eigenvalue weighted by Gasteiger charge is -2.16. The van der Waals surface area contributed by atoms with Gasteiger partial charge in [0.25, 0.3) is 0 Å². The molecule has 0 aliphatic carbocycles. The molecule has 0 atom stereocenters. The molecular weight excluding hydrogens is 415 g/mol. The standard InChI is InChI=1S/C11H12N2O4S2.HI/c1-7(14)10-12-9(11(18-10)19(15,16)17)8-3-5-13(2)6-4-8;/h3-5H,6H2,1-2H3,(H,15,16,17);1H. The number of likely N-dealkylation sites (N-methyl/N-ethyl adjacent to an activating group) is 1. The first-order valence-corrected chi connectivity index (χ1v) is 7.63. The van der Waals surface area contributed by atoms with Crippen molar-refractivity contribution in [3.8, 4) is 0 Å². The molecule has 2 heterocycles. The van der Waals surface area contributed by atoms with Crippen LogP contribution in [0.25, 0.3) is 5.57 Å². The van der Waals surface area contributed by atoms with Crippen LogP contribution in [0, 0.1) is 0 Å². The lowest BCUT2D eigenvalue weighted by Crippen LogP contribution is -2.14.